The zero-order valence-corrected chi connectivity index (χ0v) is 20.2. The summed E-state index contributed by atoms with van der Waals surface area (Å²) in [7, 11) is 0. The van der Waals surface area contributed by atoms with Gasteiger partial charge in [0.1, 0.15) is 5.54 Å². The summed E-state index contributed by atoms with van der Waals surface area (Å²) in [5, 5.41) is 13.6. The van der Waals surface area contributed by atoms with E-state index in [9.17, 15) is 9.18 Å². The first-order chi connectivity index (χ1) is 17.5. The van der Waals surface area contributed by atoms with E-state index in [1.165, 1.54) is 31.2 Å². The molecule has 0 aromatic carbocycles. The highest BCUT2D eigenvalue weighted by atomic mass is 19.1. The number of rotatable bonds is 7. The number of aromatic amines is 1. The number of pyridine rings is 1. The molecule has 1 aliphatic carbocycles. The molecule has 1 saturated carbocycles. The molecule has 36 heavy (non-hydrogen) atoms. The van der Waals surface area contributed by atoms with Gasteiger partial charge in [0.05, 0.1) is 11.9 Å². The summed E-state index contributed by atoms with van der Waals surface area (Å²) >= 11 is 0. The van der Waals surface area contributed by atoms with Crippen molar-refractivity contribution in [1.29, 1.82) is 0 Å². The number of nitrogens with one attached hydrogen (secondary N) is 3. The van der Waals surface area contributed by atoms with Crippen LogP contribution in [0.25, 0.3) is 0 Å². The summed E-state index contributed by atoms with van der Waals surface area (Å²) in [4.78, 5) is 35.3. The minimum Gasteiger partial charge on any atom is -0.341 e. The number of carbonyl (C=O) groups excluding carboxylic acids is 1. The number of amides is 1. The van der Waals surface area contributed by atoms with Gasteiger partial charge in [0.25, 0.3) is 0 Å². The normalized spacial score (nSPS) is 21.7. The van der Waals surface area contributed by atoms with E-state index in [0.29, 0.717) is 48.2 Å². The summed E-state index contributed by atoms with van der Waals surface area (Å²) in [6.45, 7) is 4.27. The Morgan fingerprint density at radius 1 is 1.11 bits per heavy atom. The lowest BCUT2D eigenvalue weighted by atomic mass is 9.97. The van der Waals surface area contributed by atoms with Crippen molar-refractivity contribution in [1.82, 2.24) is 30.1 Å². The smallest absolute Gasteiger partial charge is 0.250 e. The second kappa shape index (κ2) is 8.99. The molecule has 11 nitrogen and oxygen atoms in total. The predicted octanol–water partition coefficient (Wildman–Crippen LogP) is 3.35. The van der Waals surface area contributed by atoms with E-state index in [2.05, 4.69) is 35.7 Å². The molecule has 0 unspecified atom stereocenters. The molecule has 1 atom stereocenters. The lowest BCUT2D eigenvalue weighted by Gasteiger charge is -2.34. The summed E-state index contributed by atoms with van der Waals surface area (Å²) in [6, 6.07) is 4.72. The van der Waals surface area contributed by atoms with Crippen molar-refractivity contribution >= 4 is 35.3 Å². The van der Waals surface area contributed by atoms with Gasteiger partial charge < -0.3 is 20.4 Å². The van der Waals surface area contributed by atoms with Gasteiger partial charge in [-0.3, -0.25) is 9.89 Å². The van der Waals surface area contributed by atoms with Gasteiger partial charge in [0.15, 0.2) is 5.82 Å². The number of nitrogens with zero attached hydrogens (tertiary/aromatic N) is 7. The van der Waals surface area contributed by atoms with E-state index in [0.717, 1.165) is 38.0 Å². The minimum absolute atomic E-state index is 0.215. The largest absolute Gasteiger partial charge is 0.341 e. The SMILES string of the molecule is C[C@@]1(C(=O)Nc2ccc(F)nc2)CCCN1c1nc(Nc2cc(C3CC3)[nH]n2)nc(N2CCCC2)n1. The Labute approximate surface area is 207 Å². The second-order valence-corrected chi connectivity index (χ2v) is 9.91. The molecule has 2 aliphatic heterocycles. The molecule has 3 N–H and O–H groups in total. The Balaban J connectivity index is 1.30. The molecule has 12 heteroatoms. The fourth-order valence-electron chi connectivity index (χ4n) is 4.94. The first-order valence-corrected chi connectivity index (χ1v) is 12.5. The highest BCUT2D eigenvalue weighted by Gasteiger charge is 2.45. The van der Waals surface area contributed by atoms with Gasteiger partial charge in [0.2, 0.25) is 29.7 Å². The van der Waals surface area contributed by atoms with Gasteiger partial charge >= 0.3 is 0 Å². The molecule has 3 aliphatic rings. The first kappa shape index (κ1) is 22.6. The van der Waals surface area contributed by atoms with Crippen LogP contribution in [0.3, 0.4) is 0 Å². The molecular weight excluding hydrogens is 463 g/mol. The third-order valence-corrected chi connectivity index (χ3v) is 7.21. The number of halogens is 1. The Hall–Kier alpha value is -3.83. The van der Waals surface area contributed by atoms with Crippen molar-refractivity contribution in [3.05, 3.63) is 36.0 Å². The fraction of sp³-hybridized carbons (Fsp3) is 0.500. The standard InChI is InChI=1S/C24H29FN10O/c1-24(20(36)27-16-7-8-18(25)26-14-16)9-4-12-35(24)23-30-21(29-22(31-23)34-10-2-3-11-34)28-19-13-17(32-33-19)15-5-6-15/h7-8,13-15H,2-6,9-12H2,1H3,(H,27,36)(H2,28,29,30,31,32,33)/t24-/m0/s1. The Kier molecular flexibility index (Phi) is 5.65. The molecule has 0 spiro atoms. The van der Waals surface area contributed by atoms with Gasteiger partial charge in [0, 0.05) is 37.3 Å². The maximum Gasteiger partial charge on any atom is 0.250 e. The number of hydrogen-bond donors (Lipinski definition) is 3. The van der Waals surface area contributed by atoms with Gasteiger partial charge in [-0.2, -0.15) is 24.4 Å². The number of hydrogen-bond acceptors (Lipinski definition) is 9. The maximum atomic E-state index is 13.4. The van der Waals surface area contributed by atoms with Crippen LogP contribution in [0.4, 0.5) is 33.7 Å². The van der Waals surface area contributed by atoms with E-state index in [1.807, 2.05) is 17.9 Å². The van der Waals surface area contributed by atoms with Crippen molar-refractivity contribution in [3.8, 4) is 0 Å². The first-order valence-electron chi connectivity index (χ1n) is 12.5. The van der Waals surface area contributed by atoms with Crippen LogP contribution in [0.5, 0.6) is 0 Å². The zero-order valence-electron chi connectivity index (χ0n) is 20.2. The maximum absolute atomic E-state index is 13.4. The lowest BCUT2D eigenvalue weighted by Crippen LogP contribution is -2.51. The topological polar surface area (TPSA) is 128 Å². The van der Waals surface area contributed by atoms with Crippen LogP contribution in [0.15, 0.2) is 24.4 Å². The van der Waals surface area contributed by atoms with E-state index in [-0.39, 0.29) is 5.91 Å². The van der Waals surface area contributed by atoms with E-state index < -0.39 is 11.5 Å². The van der Waals surface area contributed by atoms with Crippen LogP contribution >= 0.6 is 0 Å². The molecule has 3 fully saturated rings. The highest BCUT2D eigenvalue weighted by Crippen LogP contribution is 2.40. The summed E-state index contributed by atoms with van der Waals surface area (Å²) in [5.41, 5.74) is 0.668. The number of H-pyrrole nitrogens is 1. The van der Waals surface area contributed by atoms with Crippen LogP contribution in [0.1, 0.15) is 57.1 Å². The van der Waals surface area contributed by atoms with Gasteiger partial charge in [-0.1, -0.05) is 0 Å². The molecule has 188 valence electrons. The van der Waals surface area contributed by atoms with Gasteiger partial charge in [-0.25, -0.2) is 4.98 Å². The van der Waals surface area contributed by atoms with E-state index >= 15 is 0 Å². The van der Waals surface area contributed by atoms with Crippen LogP contribution < -0.4 is 20.4 Å². The molecule has 1 amide bonds. The number of aromatic nitrogens is 6. The van der Waals surface area contributed by atoms with Crippen molar-refractivity contribution in [2.24, 2.45) is 0 Å². The third kappa shape index (κ3) is 4.42. The molecule has 6 rings (SSSR count). The molecule has 0 bridgehead atoms. The van der Waals surface area contributed by atoms with Crippen molar-refractivity contribution in [3.63, 3.8) is 0 Å². The fourth-order valence-corrected chi connectivity index (χ4v) is 4.94. The molecule has 3 aromatic heterocycles. The molecule has 5 heterocycles. The summed E-state index contributed by atoms with van der Waals surface area (Å²) in [6.07, 6.45) is 7.29. The predicted molar refractivity (Wildman–Crippen MR) is 133 cm³/mol. The quantitative estimate of drug-likeness (QED) is 0.425. The summed E-state index contributed by atoms with van der Waals surface area (Å²) in [5.74, 6) is 1.84. The van der Waals surface area contributed by atoms with Gasteiger partial charge in [-0.05, 0) is 57.6 Å². The lowest BCUT2D eigenvalue weighted by molar-refractivity contribution is -0.120. The monoisotopic (exact) mass is 492 g/mol. The van der Waals surface area contributed by atoms with Crippen LogP contribution in [0, 0.1) is 5.95 Å². The van der Waals surface area contributed by atoms with E-state index in [4.69, 9.17) is 9.97 Å². The van der Waals surface area contributed by atoms with Crippen LogP contribution in [-0.4, -0.2) is 61.2 Å². The van der Waals surface area contributed by atoms with Crippen LogP contribution in [-0.2, 0) is 4.79 Å². The van der Waals surface area contributed by atoms with Crippen molar-refractivity contribution in [2.45, 2.75) is 56.9 Å². The Morgan fingerprint density at radius 3 is 2.67 bits per heavy atom. The number of anilines is 5. The molecular formula is C24H29FN10O. The Bertz CT molecular complexity index is 1250. The van der Waals surface area contributed by atoms with Crippen molar-refractivity contribution < 1.29 is 9.18 Å². The molecule has 3 aromatic rings. The zero-order chi connectivity index (χ0) is 24.7. The van der Waals surface area contributed by atoms with Crippen molar-refractivity contribution in [2.75, 3.05) is 40.1 Å². The minimum atomic E-state index is -0.888. The molecule has 0 radical (unpaired) electrons. The van der Waals surface area contributed by atoms with Crippen LogP contribution in [0.2, 0.25) is 0 Å². The average molecular weight is 493 g/mol. The third-order valence-electron chi connectivity index (χ3n) is 7.21. The highest BCUT2D eigenvalue weighted by molar-refractivity contribution is 6.00. The van der Waals surface area contributed by atoms with E-state index in [1.54, 1.807) is 0 Å². The Morgan fingerprint density at radius 2 is 1.92 bits per heavy atom. The average Bonchev–Trinajstić information content (AvgIpc) is 3.24. The van der Waals surface area contributed by atoms with Gasteiger partial charge in [-0.15, -0.1) is 0 Å². The molecule has 2 saturated heterocycles. The number of carbonyl (C=O) groups is 1. The second-order valence-electron chi connectivity index (χ2n) is 9.91. The summed E-state index contributed by atoms with van der Waals surface area (Å²) < 4.78 is 13.2.